The second-order valence-corrected chi connectivity index (χ2v) is 4.79. The van der Waals surface area contributed by atoms with E-state index in [0.717, 1.165) is 17.6 Å². The molecule has 1 heterocycles. The number of pyridine rings is 1. The van der Waals surface area contributed by atoms with Gasteiger partial charge in [-0.1, -0.05) is 22.0 Å². The lowest BCUT2D eigenvalue weighted by Crippen LogP contribution is -2.26. The molecule has 0 N–H and O–H groups in total. The summed E-state index contributed by atoms with van der Waals surface area (Å²) in [5.41, 5.74) is 1.54. The average molecular weight is 256 g/mol. The Kier molecular flexibility index (Phi) is 2.52. The molecule has 0 radical (unpaired) electrons. The van der Waals surface area contributed by atoms with Crippen molar-refractivity contribution in [3.8, 4) is 0 Å². The Hall–Kier alpha value is -0.570. The molecule has 0 atom stereocenters. The van der Waals surface area contributed by atoms with Crippen molar-refractivity contribution < 1.29 is 0 Å². The fourth-order valence-electron chi connectivity index (χ4n) is 1.67. The van der Waals surface area contributed by atoms with Crippen molar-refractivity contribution in [2.75, 3.05) is 5.33 Å². The van der Waals surface area contributed by atoms with E-state index in [0.29, 0.717) is 5.41 Å². The number of hydrogen-bond donors (Lipinski definition) is 0. The van der Waals surface area contributed by atoms with Crippen LogP contribution in [0, 0.1) is 12.3 Å². The minimum Gasteiger partial charge on any atom is -0.312 e. The molecule has 2 rings (SSSR count). The Bertz CT molecular complexity index is 393. The van der Waals surface area contributed by atoms with Crippen molar-refractivity contribution in [3.63, 3.8) is 0 Å². The van der Waals surface area contributed by atoms with Crippen LogP contribution >= 0.6 is 15.9 Å². The summed E-state index contributed by atoms with van der Waals surface area (Å²) >= 11 is 3.52. The van der Waals surface area contributed by atoms with E-state index in [1.807, 2.05) is 23.6 Å². The van der Waals surface area contributed by atoms with E-state index in [-0.39, 0.29) is 5.56 Å². The monoisotopic (exact) mass is 255 g/mol. The standard InChI is InChI=1S/C11H14BrNO/c1-9-3-2-4-10(14)13(9)8-11(7-12)5-6-11/h2-4H,5-8H2,1H3. The second-order valence-electron chi connectivity index (χ2n) is 4.23. The molecule has 2 nitrogen and oxygen atoms in total. The number of alkyl halides is 1. The Morgan fingerprint density at radius 3 is 2.71 bits per heavy atom. The molecule has 0 aliphatic heterocycles. The van der Waals surface area contributed by atoms with E-state index in [2.05, 4.69) is 15.9 Å². The first-order valence-electron chi connectivity index (χ1n) is 4.89. The Morgan fingerprint density at radius 1 is 1.50 bits per heavy atom. The van der Waals surface area contributed by atoms with Crippen LogP contribution in [-0.2, 0) is 6.54 Å². The number of nitrogens with zero attached hydrogens (tertiary/aromatic N) is 1. The van der Waals surface area contributed by atoms with Crippen molar-refractivity contribution in [1.29, 1.82) is 0 Å². The Labute approximate surface area is 92.1 Å². The van der Waals surface area contributed by atoms with E-state index in [9.17, 15) is 4.79 Å². The Balaban J connectivity index is 2.29. The molecule has 0 aromatic carbocycles. The summed E-state index contributed by atoms with van der Waals surface area (Å²) < 4.78 is 1.88. The molecule has 1 aliphatic rings. The van der Waals surface area contributed by atoms with Gasteiger partial charge >= 0.3 is 0 Å². The van der Waals surface area contributed by atoms with Gasteiger partial charge in [0, 0.05) is 23.6 Å². The zero-order valence-corrected chi connectivity index (χ0v) is 9.88. The van der Waals surface area contributed by atoms with E-state index in [1.165, 1.54) is 12.8 Å². The van der Waals surface area contributed by atoms with Gasteiger partial charge in [0.25, 0.3) is 5.56 Å². The van der Waals surface area contributed by atoms with Gasteiger partial charge in [0.15, 0.2) is 0 Å². The van der Waals surface area contributed by atoms with Gasteiger partial charge in [-0.25, -0.2) is 0 Å². The van der Waals surface area contributed by atoms with Crippen LogP contribution in [0.1, 0.15) is 18.5 Å². The van der Waals surface area contributed by atoms with E-state index >= 15 is 0 Å². The van der Waals surface area contributed by atoms with E-state index in [1.54, 1.807) is 6.07 Å². The van der Waals surface area contributed by atoms with Crippen LogP contribution in [0.25, 0.3) is 0 Å². The lowest BCUT2D eigenvalue weighted by atomic mass is 10.1. The molecular formula is C11H14BrNO. The van der Waals surface area contributed by atoms with Crippen molar-refractivity contribution in [3.05, 3.63) is 34.2 Å². The predicted molar refractivity (Wildman–Crippen MR) is 60.9 cm³/mol. The smallest absolute Gasteiger partial charge is 0.250 e. The van der Waals surface area contributed by atoms with Gasteiger partial charge in [0.1, 0.15) is 0 Å². The molecule has 0 spiro atoms. The largest absolute Gasteiger partial charge is 0.312 e. The van der Waals surface area contributed by atoms with Crippen LogP contribution in [0.3, 0.4) is 0 Å². The van der Waals surface area contributed by atoms with Crippen LogP contribution < -0.4 is 5.56 Å². The molecule has 1 fully saturated rings. The molecule has 14 heavy (non-hydrogen) atoms. The maximum absolute atomic E-state index is 11.6. The molecule has 0 saturated heterocycles. The lowest BCUT2D eigenvalue weighted by Gasteiger charge is -2.15. The third kappa shape index (κ3) is 1.78. The third-order valence-electron chi connectivity index (χ3n) is 3.00. The minimum atomic E-state index is 0.122. The Morgan fingerprint density at radius 2 is 2.21 bits per heavy atom. The van der Waals surface area contributed by atoms with Gasteiger partial charge < -0.3 is 4.57 Å². The van der Waals surface area contributed by atoms with Crippen LogP contribution in [-0.4, -0.2) is 9.90 Å². The lowest BCUT2D eigenvalue weighted by molar-refractivity contribution is 0.458. The first-order valence-corrected chi connectivity index (χ1v) is 6.01. The predicted octanol–water partition coefficient (Wildman–Crippen LogP) is 2.33. The fourth-order valence-corrected chi connectivity index (χ4v) is 2.41. The fraction of sp³-hybridized carbons (Fsp3) is 0.545. The molecule has 1 aromatic rings. The molecule has 1 aliphatic carbocycles. The van der Waals surface area contributed by atoms with Crippen LogP contribution in [0.5, 0.6) is 0 Å². The van der Waals surface area contributed by atoms with Gasteiger partial charge in [-0.15, -0.1) is 0 Å². The van der Waals surface area contributed by atoms with Gasteiger partial charge in [-0.3, -0.25) is 4.79 Å². The zero-order chi connectivity index (χ0) is 10.2. The van der Waals surface area contributed by atoms with Gasteiger partial charge in [0.2, 0.25) is 0 Å². The summed E-state index contributed by atoms with van der Waals surface area (Å²) in [6.45, 7) is 2.86. The zero-order valence-electron chi connectivity index (χ0n) is 8.29. The minimum absolute atomic E-state index is 0.122. The number of hydrogen-bond acceptors (Lipinski definition) is 1. The second kappa shape index (κ2) is 3.54. The number of halogens is 1. The summed E-state index contributed by atoms with van der Waals surface area (Å²) in [7, 11) is 0. The van der Waals surface area contributed by atoms with E-state index in [4.69, 9.17) is 0 Å². The highest BCUT2D eigenvalue weighted by Gasteiger charge is 2.42. The first kappa shape index (κ1) is 9.97. The highest BCUT2D eigenvalue weighted by molar-refractivity contribution is 9.09. The van der Waals surface area contributed by atoms with Crippen molar-refractivity contribution in [2.45, 2.75) is 26.3 Å². The highest BCUT2D eigenvalue weighted by atomic mass is 79.9. The third-order valence-corrected chi connectivity index (χ3v) is 4.19. The molecule has 1 saturated carbocycles. The SMILES string of the molecule is Cc1cccc(=O)n1CC1(CBr)CC1. The number of rotatable bonds is 3. The van der Waals surface area contributed by atoms with E-state index < -0.39 is 0 Å². The molecule has 0 unspecified atom stereocenters. The number of aryl methyl sites for hydroxylation is 1. The van der Waals surface area contributed by atoms with Crippen LogP contribution in [0.2, 0.25) is 0 Å². The molecule has 0 amide bonds. The molecule has 3 heteroatoms. The van der Waals surface area contributed by atoms with Crippen molar-refractivity contribution in [1.82, 2.24) is 4.57 Å². The summed E-state index contributed by atoms with van der Waals surface area (Å²) in [5, 5.41) is 1.00. The summed E-state index contributed by atoms with van der Waals surface area (Å²) in [4.78, 5) is 11.6. The summed E-state index contributed by atoms with van der Waals surface area (Å²) in [6.07, 6.45) is 2.47. The summed E-state index contributed by atoms with van der Waals surface area (Å²) in [5.74, 6) is 0. The van der Waals surface area contributed by atoms with Gasteiger partial charge in [-0.2, -0.15) is 0 Å². The van der Waals surface area contributed by atoms with Gasteiger partial charge in [-0.05, 0) is 31.2 Å². The van der Waals surface area contributed by atoms with Crippen molar-refractivity contribution >= 4 is 15.9 Å². The topological polar surface area (TPSA) is 22.0 Å². The van der Waals surface area contributed by atoms with Crippen LogP contribution in [0.4, 0.5) is 0 Å². The molecule has 76 valence electrons. The van der Waals surface area contributed by atoms with Crippen molar-refractivity contribution in [2.24, 2.45) is 5.41 Å². The quantitative estimate of drug-likeness (QED) is 0.761. The number of aromatic nitrogens is 1. The van der Waals surface area contributed by atoms with Crippen LogP contribution in [0.15, 0.2) is 23.0 Å². The highest BCUT2D eigenvalue weighted by Crippen LogP contribution is 2.48. The van der Waals surface area contributed by atoms with Gasteiger partial charge in [0.05, 0.1) is 0 Å². The molecule has 0 bridgehead atoms. The molecule has 1 aromatic heterocycles. The average Bonchev–Trinajstić information content (AvgIpc) is 2.93. The maximum atomic E-state index is 11.6. The first-order chi connectivity index (χ1) is 6.67. The normalized spacial score (nSPS) is 18.1. The maximum Gasteiger partial charge on any atom is 0.250 e. The molecular weight excluding hydrogens is 242 g/mol. The summed E-state index contributed by atoms with van der Waals surface area (Å²) in [6, 6.07) is 5.45.